The van der Waals surface area contributed by atoms with E-state index in [1.807, 2.05) is 26.0 Å². The van der Waals surface area contributed by atoms with Crippen molar-refractivity contribution in [3.8, 4) is 28.6 Å². The van der Waals surface area contributed by atoms with Gasteiger partial charge in [0.2, 0.25) is 0 Å². The minimum Gasteiger partial charge on any atom is -0.508 e. The van der Waals surface area contributed by atoms with Gasteiger partial charge in [-0.15, -0.1) is 0 Å². The van der Waals surface area contributed by atoms with E-state index in [4.69, 9.17) is 0 Å². The second-order valence-corrected chi connectivity index (χ2v) is 8.44. The third kappa shape index (κ3) is 3.65. The summed E-state index contributed by atoms with van der Waals surface area (Å²) in [5.74, 6) is 0.859. The number of allylic oxidation sites excluding steroid dienone is 1. The Bertz CT molecular complexity index is 1170. The van der Waals surface area contributed by atoms with Crippen LogP contribution in [0.15, 0.2) is 41.2 Å². The Morgan fingerprint density at radius 1 is 1.17 bits per heavy atom. The molecule has 3 aromatic rings. The number of aromatic nitrogens is 3. The number of hydrogen-bond donors (Lipinski definition) is 3. The molecule has 1 heterocycles. The van der Waals surface area contributed by atoms with Crippen LogP contribution in [0.4, 0.5) is 0 Å². The summed E-state index contributed by atoms with van der Waals surface area (Å²) in [7, 11) is 0. The van der Waals surface area contributed by atoms with E-state index in [-0.39, 0.29) is 23.1 Å². The van der Waals surface area contributed by atoms with Crippen molar-refractivity contribution in [1.82, 2.24) is 14.8 Å². The zero-order valence-corrected chi connectivity index (χ0v) is 17.5. The number of benzene rings is 2. The van der Waals surface area contributed by atoms with Crippen LogP contribution < -0.4 is 5.69 Å². The van der Waals surface area contributed by atoms with Crippen LogP contribution in [0, 0.1) is 5.92 Å². The molecule has 1 atom stereocenters. The lowest BCUT2D eigenvalue weighted by molar-refractivity contribution is 0.444. The van der Waals surface area contributed by atoms with Gasteiger partial charge in [-0.1, -0.05) is 39.0 Å². The number of H-pyrrole nitrogens is 1. The van der Waals surface area contributed by atoms with E-state index < -0.39 is 0 Å². The van der Waals surface area contributed by atoms with Crippen molar-refractivity contribution in [2.24, 2.45) is 5.92 Å². The number of hydrogen-bond acceptors (Lipinski definition) is 4. The van der Waals surface area contributed by atoms with E-state index in [1.54, 1.807) is 6.07 Å². The molecule has 6 nitrogen and oxygen atoms in total. The van der Waals surface area contributed by atoms with Crippen LogP contribution in [0.1, 0.15) is 56.2 Å². The molecule has 6 heteroatoms. The molecule has 1 aliphatic rings. The first kappa shape index (κ1) is 20.0. The Hall–Kier alpha value is -3.28. The molecule has 1 aromatic heterocycles. The predicted molar refractivity (Wildman–Crippen MR) is 118 cm³/mol. The molecule has 0 saturated carbocycles. The minimum atomic E-state index is -0.383. The van der Waals surface area contributed by atoms with E-state index in [0.29, 0.717) is 28.6 Å². The van der Waals surface area contributed by atoms with Gasteiger partial charge in [-0.2, -0.15) is 5.10 Å². The quantitative estimate of drug-likeness (QED) is 0.586. The maximum atomic E-state index is 12.6. The fraction of sp³-hybridized carbons (Fsp3) is 0.333. The third-order valence-electron chi connectivity index (χ3n) is 5.76. The monoisotopic (exact) mass is 405 g/mol. The van der Waals surface area contributed by atoms with Crippen molar-refractivity contribution >= 4 is 6.08 Å². The molecule has 0 fully saturated rings. The van der Waals surface area contributed by atoms with E-state index in [1.165, 1.54) is 22.6 Å². The molecular formula is C24H27N3O3. The molecule has 156 valence electrons. The van der Waals surface area contributed by atoms with Gasteiger partial charge in [-0.25, -0.2) is 14.5 Å². The highest BCUT2D eigenvalue weighted by Crippen LogP contribution is 2.37. The number of aromatic amines is 1. The second-order valence-electron chi connectivity index (χ2n) is 8.44. The molecule has 2 aromatic carbocycles. The lowest BCUT2D eigenvalue weighted by Gasteiger charge is -2.17. The van der Waals surface area contributed by atoms with Gasteiger partial charge in [0.1, 0.15) is 11.5 Å². The van der Waals surface area contributed by atoms with Crippen molar-refractivity contribution in [1.29, 1.82) is 0 Å². The Labute approximate surface area is 175 Å². The molecule has 0 bridgehead atoms. The van der Waals surface area contributed by atoms with Gasteiger partial charge in [-0.05, 0) is 66.0 Å². The summed E-state index contributed by atoms with van der Waals surface area (Å²) in [5.41, 5.74) is 3.72. The summed E-state index contributed by atoms with van der Waals surface area (Å²) in [6.07, 6.45) is 7.51. The summed E-state index contributed by atoms with van der Waals surface area (Å²) in [6, 6.07) is 8.97. The molecule has 0 spiro atoms. The largest absolute Gasteiger partial charge is 0.508 e. The molecule has 0 saturated heterocycles. The molecule has 3 N–H and O–H groups in total. The molecule has 0 radical (unpaired) electrons. The minimum absolute atomic E-state index is 0.0241. The van der Waals surface area contributed by atoms with Crippen molar-refractivity contribution < 1.29 is 10.2 Å². The number of nitrogens with zero attached hydrogens (tertiary/aromatic N) is 2. The van der Waals surface area contributed by atoms with E-state index in [2.05, 4.69) is 35.3 Å². The highest BCUT2D eigenvalue weighted by atomic mass is 16.3. The zero-order chi connectivity index (χ0) is 21.4. The van der Waals surface area contributed by atoms with Gasteiger partial charge < -0.3 is 10.2 Å². The normalized spacial score (nSPS) is 16.3. The number of rotatable bonds is 3. The van der Waals surface area contributed by atoms with Gasteiger partial charge in [0.15, 0.2) is 5.82 Å². The van der Waals surface area contributed by atoms with Gasteiger partial charge >= 0.3 is 5.69 Å². The summed E-state index contributed by atoms with van der Waals surface area (Å²) in [6.45, 7) is 6.17. The summed E-state index contributed by atoms with van der Waals surface area (Å²) in [4.78, 5) is 12.6. The maximum absolute atomic E-state index is 12.6. The number of phenols is 2. The van der Waals surface area contributed by atoms with Crippen molar-refractivity contribution in [2.45, 2.75) is 46.0 Å². The van der Waals surface area contributed by atoms with Crippen LogP contribution in [-0.4, -0.2) is 25.0 Å². The Morgan fingerprint density at radius 3 is 2.73 bits per heavy atom. The van der Waals surface area contributed by atoms with Crippen LogP contribution >= 0.6 is 0 Å². The number of nitrogens with one attached hydrogen (secondary N) is 1. The fourth-order valence-electron chi connectivity index (χ4n) is 4.08. The van der Waals surface area contributed by atoms with Crippen molar-refractivity contribution in [3.05, 3.63) is 63.6 Å². The molecule has 30 heavy (non-hydrogen) atoms. The summed E-state index contributed by atoms with van der Waals surface area (Å²) in [5, 5.41) is 27.3. The van der Waals surface area contributed by atoms with Crippen LogP contribution in [-0.2, 0) is 6.42 Å². The summed E-state index contributed by atoms with van der Waals surface area (Å²) < 4.78 is 1.46. The third-order valence-corrected chi connectivity index (χ3v) is 5.76. The molecule has 4 rings (SSSR count). The fourth-order valence-corrected chi connectivity index (χ4v) is 4.08. The molecule has 0 aliphatic heterocycles. The highest BCUT2D eigenvalue weighted by molar-refractivity contribution is 5.69. The Balaban J connectivity index is 1.86. The summed E-state index contributed by atoms with van der Waals surface area (Å²) >= 11 is 0. The average Bonchev–Trinajstić information content (AvgIpc) is 3.05. The topological polar surface area (TPSA) is 91.1 Å². The van der Waals surface area contributed by atoms with Gasteiger partial charge in [0, 0.05) is 6.07 Å². The first-order chi connectivity index (χ1) is 14.3. The molecule has 1 unspecified atom stereocenters. The van der Waals surface area contributed by atoms with Gasteiger partial charge in [-0.3, -0.25) is 0 Å². The highest BCUT2D eigenvalue weighted by Gasteiger charge is 2.20. The maximum Gasteiger partial charge on any atom is 0.348 e. The molecular weight excluding hydrogens is 378 g/mol. The number of aromatic hydroxyl groups is 2. The zero-order valence-electron chi connectivity index (χ0n) is 17.5. The average molecular weight is 405 g/mol. The van der Waals surface area contributed by atoms with E-state index in [0.717, 1.165) is 18.4 Å². The molecule has 0 amide bonds. The lowest BCUT2D eigenvalue weighted by atomic mass is 9.90. The molecule has 1 aliphatic carbocycles. The predicted octanol–water partition coefficient (Wildman–Crippen LogP) is 4.75. The van der Waals surface area contributed by atoms with Crippen LogP contribution in [0.2, 0.25) is 0 Å². The first-order valence-electron chi connectivity index (χ1n) is 10.4. The van der Waals surface area contributed by atoms with Crippen LogP contribution in [0.5, 0.6) is 11.5 Å². The Morgan fingerprint density at radius 2 is 1.97 bits per heavy atom. The Kier molecular flexibility index (Phi) is 5.24. The lowest BCUT2D eigenvalue weighted by Crippen LogP contribution is -2.16. The van der Waals surface area contributed by atoms with Gasteiger partial charge in [0.05, 0.1) is 11.3 Å². The van der Waals surface area contributed by atoms with E-state index >= 15 is 0 Å². The van der Waals surface area contributed by atoms with Crippen LogP contribution in [0.3, 0.4) is 0 Å². The smallest absolute Gasteiger partial charge is 0.348 e. The van der Waals surface area contributed by atoms with Crippen molar-refractivity contribution in [3.63, 3.8) is 0 Å². The first-order valence-corrected chi connectivity index (χ1v) is 10.4. The van der Waals surface area contributed by atoms with Gasteiger partial charge in [0.25, 0.3) is 0 Å². The standard InChI is InChI=1S/C24H27N3O3/c1-14(2)19-12-20(22(29)13-21(19)28)23-25-26-24(30)27(23)18-9-8-17-10-15(3)6-4-5-7-16(17)11-18/h5,7-9,11-15,28-29H,4,6,10H2,1-3H3,(H,26,30). The van der Waals surface area contributed by atoms with Crippen molar-refractivity contribution in [2.75, 3.05) is 0 Å². The van der Waals surface area contributed by atoms with Crippen LogP contribution in [0.25, 0.3) is 23.2 Å². The number of fused-ring (bicyclic) bond motifs is 1. The SMILES string of the molecule is CC1CCC=Cc2cc(-n3c(-c4cc(C(C)C)c(O)cc4O)n[nH]c3=O)ccc2C1. The second kappa shape index (κ2) is 7.86. The number of phenolic OH excluding ortho intramolecular Hbond substituents is 2. The van der Waals surface area contributed by atoms with E-state index in [9.17, 15) is 15.0 Å².